The zero-order valence-corrected chi connectivity index (χ0v) is 17.6. The van der Waals surface area contributed by atoms with Gasteiger partial charge in [0.1, 0.15) is 12.4 Å². The van der Waals surface area contributed by atoms with Crippen LogP contribution in [0.2, 0.25) is 15.1 Å². The number of hydrogen-bond acceptors (Lipinski definition) is 3. The first-order valence-corrected chi connectivity index (χ1v) is 10.0. The van der Waals surface area contributed by atoms with E-state index in [1.165, 1.54) is 0 Å². The van der Waals surface area contributed by atoms with Crippen molar-refractivity contribution in [3.8, 4) is 11.5 Å². The first-order chi connectivity index (χ1) is 13.5. The van der Waals surface area contributed by atoms with Gasteiger partial charge >= 0.3 is 0 Å². The zero-order chi connectivity index (χ0) is 19.9. The van der Waals surface area contributed by atoms with E-state index in [0.29, 0.717) is 40.6 Å². The summed E-state index contributed by atoms with van der Waals surface area (Å²) in [5.74, 6) is 1.31. The molecule has 0 aromatic heterocycles. The van der Waals surface area contributed by atoms with Gasteiger partial charge in [0.15, 0.2) is 5.75 Å². The summed E-state index contributed by atoms with van der Waals surface area (Å²) in [7, 11) is 0. The third-order valence-corrected chi connectivity index (χ3v) is 4.79. The lowest BCUT2D eigenvalue weighted by molar-refractivity contribution is 0.306. The molecule has 0 atom stereocenters. The zero-order valence-electron chi connectivity index (χ0n) is 15.3. The number of rotatable bonds is 8. The Balaban J connectivity index is 1.62. The molecule has 3 aromatic rings. The van der Waals surface area contributed by atoms with Gasteiger partial charge in [0.25, 0.3) is 0 Å². The van der Waals surface area contributed by atoms with Gasteiger partial charge in [-0.25, -0.2) is 0 Å². The fourth-order valence-corrected chi connectivity index (χ4v) is 3.53. The Hall–Kier alpha value is -2.07. The summed E-state index contributed by atoms with van der Waals surface area (Å²) in [6, 6.07) is 19.0. The molecule has 6 heteroatoms. The van der Waals surface area contributed by atoms with Crippen LogP contribution >= 0.6 is 34.8 Å². The van der Waals surface area contributed by atoms with E-state index < -0.39 is 0 Å². The highest BCUT2D eigenvalue weighted by atomic mass is 35.5. The molecule has 3 aromatic carbocycles. The monoisotopic (exact) mass is 435 g/mol. The van der Waals surface area contributed by atoms with Gasteiger partial charge in [0.2, 0.25) is 0 Å². The lowest BCUT2D eigenvalue weighted by Gasteiger charge is -2.13. The Kier molecular flexibility index (Phi) is 7.32. The molecule has 3 nitrogen and oxygen atoms in total. The van der Waals surface area contributed by atoms with Crippen molar-refractivity contribution in [3.05, 3.63) is 86.9 Å². The van der Waals surface area contributed by atoms with E-state index in [2.05, 4.69) is 5.32 Å². The van der Waals surface area contributed by atoms with E-state index in [-0.39, 0.29) is 0 Å². The average Bonchev–Trinajstić information content (AvgIpc) is 2.67. The molecule has 0 saturated carbocycles. The van der Waals surface area contributed by atoms with Crippen molar-refractivity contribution in [1.29, 1.82) is 0 Å². The second-order valence-electron chi connectivity index (χ2n) is 6.12. The second kappa shape index (κ2) is 9.92. The molecular weight excluding hydrogens is 417 g/mol. The van der Waals surface area contributed by atoms with Crippen LogP contribution in [0, 0.1) is 0 Å². The summed E-state index contributed by atoms with van der Waals surface area (Å²) < 4.78 is 11.3. The second-order valence-corrected chi connectivity index (χ2v) is 7.37. The number of ether oxygens (including phenoxy) is 2. The van der Waals surface area contributed by atoms with Crippen LogP contribution in [0.15, 0.2) is 60.7 Å². The molecule has 1 N–H and O–H groups in total. The molecule has 0 fully saturated rings. The summed E-state index contributed by atoms with van der Waals surface area (Å²) >= 11 is 18.8. The fourth-order valence-electron chi connectivity index (χ4n) is 2.67. The van der Waals surface area contributed by atoms with E-state index in [4.69, 9.17) is 44.3 Å². The van der Waals surface area contributed by atoms with E-state index in [9.17, 15) is 0 Å². The SMILES string of the molecule is CCOc1ccc(NCc2cc(Cl)c(OCc3cccc(Cl)c3)c(Cl)c2)cc1. The number of halogens is 3. The molecule has 0 aliphatic heterocycles. The lowest BCUT2D eigenvalue weighted by Crippen LogP contribution is -2.01. The molecule has 0 bridgehead atoms. The van der Waals surface area contributed by atoms with Crippen LogP contribution in [0.1, 0.15) is 18.1 Å². The Morgan fingerprint density at radius 1 is 0.821 bits per heavy atom. The molecule has 0 aliphatic rings. The Labute approximate surface area is 180 Å². The predicted octanol–water partition coefficient (Wildman–Crippen LogP) is 7.24. The van der Waals surface area contributed by atoms with Gasteiger partial charge in [0, 0.05) is 17.3 Å². The third kappa shape index (κ3) is 5.71. The summed E-state index contributed by atoms with van der Waals surface area (Å²) in [5, 5.41) is 4.94. The normalized spacial score (nSPS) is 10.6. The van der Waals surface area contributed by atoms with Crippen molar-refractivity contribution >= 4 is 40.5 Å². The molecule has 3 rings (SSSR count). The minimum atomic E-state index is 0.337. The number of benzene rings is 3. The van der Waals surface area contributed by atoms with Gasteiger partial charge in [-0.05, 0) is 66.6 Å². The van der Waals surface area contributed by atoms with Gasteiger partial charge in [-0.3, -0.25) is 0 Å². The van der Waals surface area contributed by atoms with Gasteiger partial charge < -0.3 is 14.8 Å². The van der Waals surface area contributed by atoms with Crippen molar-refractivity contribution in [3.63, 3.8) is 0 Å². The highest BCUT2D eigenvalue weighted by Crippen LogP contribution is 2.35. The standard InChI is InChI=1S/C22H20Cl3NO2/c1-2-27-19-8-6-18(7-9-19)26-13-16-11-20(24)22(21(25)12-16)28-14-15-4-3-5-17(23)10-15/h3-12,26H,2,13-14H2,1H3. The van der Waals surface area contributed by atoms with Crippen LogP contribution in [0.3, 0.4) is 0 Å². The van der Waals surface area contributed by atoms with E-state index in [0.717, 1.165) is 22.6 Å². The molecule has 0 heterocycles. The molecule has 28 heavy (non-hydrogen) atoms. The maximum Gasteiger partial charge on any atom is 0.156 e. The van der Waals surface area contributed by atoms with Crippen LogP contribution in [-0.2, 0) is 13.2 Å². The van der Waals surface area contributed by atoms with Gasteiger partial charge in [-0.1, -0.05) is 46.9 Å². The fraction of sp³-hybridized carbons (Fsp3) is 0.182. The Bertz CT molecular complexity index is 906. The molecule has 0 aliphatic carbocycles. The van der Waals surface area contributed by atoms with Crippen molar-refractivity contribution in [2.24, 2.45) is 0 Å². The quantitative estimate of drug-likeness (QED) is 0.404. The lowest BCUT2D eigenvalue weighted by atomic mass is 10.2. The molecular formula is C22H20Cl3NO2. The number of hydrogen-bond donors (Lipinski definition) is 1. The van der Waals surface area contributed by atoms with Crippen molar-refractivity contribution in [1.82, 2.24) is 0 Å². The van der Waals surface area contributed by atoms with Crippen LogP contribution in [0.25, 0.3) is 0 Å². The van der Waals surface area contributed by atoms with E-state index >= 15 is 0 Å². The topological polar surface area (TPSA) is 30.5 Å². The largest absolute Gasteiger partial charge is 0.494 e. The molecule has 0 saturated heterocycles. The van der Waals surface area contributed by atoms with Crippen molar-refractivity contribution in [2.45, 2.75) is 20.1 Å². The Morgan fingerprint density at radius 3 is 2.18 bits per heavy atom. The van der Waals surface area contributed by atoms with Crippen LogP contribution in [0.4, 0.5) is 5.69 Å². The predicted molar refractivity (Wildman–Crippen MR) is 117 cm³/mol. The number of anilines is 1. The minimum Gasteiger partial charge on any atom is -0.494 e. The van der Waals surface area contributed by atoms with E-state index in [1.807, 2.05) is 67.6 Å². The van der Waals surface area contributed by atoms with Crippen LogP contribution in [-0.4, -0.2) is 6.61 Å². The first kappa shape index (κ1) is 20.7. The first-order valence-electron chi connectivity index (χ1n) is 8.87. The van der Waals surface area contributed by atoms with E-state index in [1.54, 1.807) is 0 Å². The molecule has 0 radical (unpaired) electrons. The maximum absolute atomic E-state index is 6.39. The average molecular weight is 437 g/mol. The van der Waals surface area contributed by atoms with Gasteiger partial charge in [-0.15, -0.1) is 0 Å². The number of nitrogens with one attached hydrogen (secondary N) is 1. The summed E-state index contributed by atoms with van der Waals surface area (Å²) in [6.45, 7) is 3.53. The molecule has 0 unspecified atom stereocenters. The molecule has 146 valence electrons. The van der Waals surface area contributed by atoms with Crippen LogP contribution < -0.4 is 14.8 Å². The molecule has 0 spiro atoms. The van der Waals surface area contributed by atoms with Crippen molar-refractivity contribution < 1.29 is 9.47 Å². The highest BCUT2D eigenvalue weighted by molar-refractivity contribution is 6.37. The third-order valence-electron chi connectivity index (χ3n) is 3.99. The Morgan fingerprint density at radius 2 is 1.54 bits per heavy atom. The van der Waals surface area contributed by atoms with Crippen molar-refractivity contribution in [2.75, 3.05) is 11.9 Å². The summed E-state index contributed by atoms with van der Waals surface area (Å²) in [6.07, 6.45) is 0. The minimum absolute atomic E-state index is 0.337. The summed E-state index contributed by atoms with van der Waals surface area (Å²) in [4.78, 5) is 0. The maximum atomic E-state index is 6.39. The van der Waals surface area contributed by atoms with Gasteiger partial charge in [0.05, 0.1) is 16.7 Å². The summed E-state index contributed by atoms with van der Waals surface area (Å²) in [5.41, 5.74) is 2.89. The molecule has 0 amide bonds. The smallest absolute Gasteiger partial charge is 0.156 e. The van der Waals surface area contributed by atoms with Crippen LogP contribution in [0.5, 0.6) is 11.5 Å². The highest BCUT2D eigenvalue weighted by Gasteiger charge is 2.10. The van der Waals surface area contributed by atoms with Gasteiger partial charge in [-0.2, -0.15) is 0 Å².